The molecule has 3 nitrogen and oxygen atoms in total. The number of carbonyl (C=O) groups is 2. The lowest BCUT2D eigenvalue weighted by Crippen LogP contribution is -2.15. The van der Waals surface area contributed by atoms with Crippen LogP contribution in [0.5, 0.6) is 0 Å². The number of rotatable bonds is 3. The van der Waals surface area contributed by atoms with Crippen molar-refractivity contribution >= 4 is 58.2 Å². The molecular formula is C13H10Cl4O3. The summed E-state index contributed by atoms with van der Waals surface area (Å²) in [5, 5.41) is 9.38. The molecule has 0 saturated heterocycles. The van der Waals surface area contributed by atoms with Gasteiger partial charge in [0.1, 0.15) is 0 Å². The van der Waals surface area contributed by atoms with E-state index in [1.807, 2.05) is 0 Å². The monoisotopic (exact) mass is 354 g/mol. The SMILES string of the molecule is O=C(O)C1CCC(C(=O)c2c(Cl)cc(Cl)c(Cl)c2Cl)C1. The molecule has 0 spiro atoms. The maximum absolute atomic E-state index is 12.5. The van der Waals surface area contributed by atoms with Gasteiger partial charge >= 0.3 is 5.97 Å². The van der Waals surface area contributed by atoms with Crippen LogP contribution in [0.15, 0.2) is 6.07 Å². The van der Waals surface area contributed by atoms with Gasteiger partial charge in [-0.1, -0.05) is 46.4 Å². The maximum atomic E-state index is 12.5. The zero-order valence-electron chi connectivity index (χ0n) is 10.1. The van der Waals surface area contributed by atoms with Gasteiger partial charge in [-0.25, -0.2) is 0 Å². The van der Waals surface area contributed by atoms with Crippen molar-refractivity contribution in [2.75, 3.05) is 0 Å². The van der Waals surface area contributed by atoms with E-state index in [4.69, 9.17) is 51.5 Å². The molecule has 2 unspecified atom stereocenters. The smallest absolute Gasteiger partial charge is 0.306 e. The van der Waals surface area contributed by atoms with Crippen LogP contribution in [0.3, 0.4) is 0 Å². The molecule has 0 heterocycles. The first-order valence-corrected chi connectivity index (χ1v) is 7.44. The van der Waals surface area contributed by atoms with Crippen LogP contribution in [0, 0.1) is 11.8 Å². The predicted octanol–water partition coefficient (Wildman–Crippen LogP) is 4.98. The maximum Gasteiger partial charge on any atom is 0.306 e. The Bertz CT molecular complexity index is 585. The highest BCUT2D eigenvalue weighted by Gasteiger charge is 2.36. The molecule has 108 valence electrons. The van der Waals surface area contributed by atoms with E-state index in [9.17, 15) is 9.59 Å². The van der Waals surface area contributed by atoms with Crippen LogP contribution in [0.25, 0.3) is 0 Å². The lowest BCUT2D eigenvalue weighted by molar-refractivity contribution is -0.141. The Morgan fingerprint density at radius 1 is 1.00 bits per heavy atom. The lowest BCUT2D eigenvalue weighted by atomic mass is 9.95. The minimum atomic E-state index is -0.883. The van der Waals surface area contributed by atoms with Crippen LogP contribution in [-0.2, 0) is 4.79 Å². The van der Waals surface area contributed by atoms with Crippen molar-refractivity contribution in [3.63, 3.8) is 0 Å². The number of aliphatic carboxylic acids is 1. The molecule has 0 aliphatic heterocycles. The van der Waals surface area contributed by atoms with Gasteiger partial charge in [0.25, 0.3) is 0 Å². The second kappa shape index (κ2) is 6.10. The van der Waals surface area contributed by atoms with Crippen molar-refractivity contribution in [1.82, 2.24) is 0 Å². The fourth-order valence-corrected chi connectivity index (χ4v) is 3.54. The minimum Gasteiger partial charge on any atom is -0.481 e. The molecule has 1 N–H and O–H groups in total. The number of Topliss-reactive ketones (excluding diaryl/α,β-unsaturated/α-hetero) is 1. The molecule has 0 bridgehead atoms. The van der Waals surface area contributed by atoms with Crippen LogP contribution >= 0.6 is 46.4 Å². The van der Waals surface area contributed by atoms with Crippen molar-refractivity contribution in [2.45, 2.75) is 19.3 Å². The molecule has 0 radical (unpaired) electrons. The molecule has 1 aliphatic rings. The molecule has 0 amide bonds. The zero-order chi connectivity index (χ0) is 15.0. The average Bonchev–Trinajstić information content (AvgIpc) is 2.85. The topological polar surface area (TPSA) is 54.4 Å². The van der Waals surface area contributed by atoms with Gasteiger partial charge in [-0.3, -0.25) is 9.59 Å². The predicted molar refractivity (Wildman–Crippen MR) is 79.3 cm³/mol. The first-order valence-electron chi connectivity index (χ1n) is 5.93. The van der Waals surface area contributed by atoms with E-state index in [-0.39, 0.29) is 31.4 Å². The second-order valence-electron chi connectivity index (χ2n) is 4.75. The molecule has 0 aromatic heterocycles. The highest BCUT2D eigenvalue weighted by molar-refractivity contribution is 6.51. The van der Waals surface area contributed by atoms with Gasteiger partial charge in [0.15, 0.2) is 5.78 Å². The van der Waals surface area contributed by atoms with Gasteiger partial charge in [-0.05, 0) is 25.3 Å². The van der Waals surface area contributed by atoms with E-state index in [0.717, 1.165) is 0 Å². The lowest BCUT2D eigenvalue weighted by Gasteiger charge is -2.13. The summed E-state index contributed by atoms with van der Waals surface area (Å²) in [6.45, 7) is 0. The van der Waals surface area contributed by atoms with Gasteiger partial charge in [0.05, 0.1) is 31.6 Å². The van der Waals surface area contributed by atoms with Crippen molar-refractivity contribution in [3.8, 4) is 0 Å². The van der Waals surface area contributed by atoms with E-state index in [0.29, 0.717) is 19.3 Å². The number of carbonyl (C=O) groups excluding carboxylic acids is 1. The Morgan fingerprint density at radius 2 is 1.60 bits per heavy atom. The highest BCUT2D eigenvalue weighted by Crippen LogP contribution is 2.41. The van der Waals surface area contributed by atoms with E-state index in [1.54, 1.807) is 0 Å². The minimum absolute atomic E-state index is 0.0212. The van der Waals surface area contributed by atoms with E-state index in [2.05, 4.69) is 0 Å². The molecule has 1 saturated carbocycles. The van der Waals surface area contributed by atoms with Crippen LogP contribution in [0.4, 0.5) is 0 Å². The fraction of sp³-hybridized carbons (Fsp3) is 0.385. The van der Waals surface area contributed by atoms with Crippen LogP contribution in [0.1, 0.15) is 29.6 Å². The fourth-order valence-electron chi connectivity index (χ4n) is 2.44. The summed E-state index contributed by atoms with van der Waals surface area (Å²) < 4.78 is 0. The first-order chi connectivity index (χ1) is 9.32. The quantitative estimate of drug-likeness (QED) is 0.472. The summed E-state index contributed by atoms with van der Waals surface area (Å²) in [6, 6.07) is 1.37. The molecule has 7 heteroatoms. The van der Waals surface area contributed by atoms with Gasteiger partial charge in [-0.2, -0.15) is 0 Å². The summed E-state index contributed by atoms with van der Waals surface area (Å²) in [5.74, 6) is -2.05. The molecular weight excluding hydrogens is 346 g/mol. The summed E-state index contributed by atoms with van der Waals surface area (Å²) in [4.78, 5) is 23.4. The molecule has 1 aromatic carbocycles. The Labute approximate surface area is 135 Å². The highest BCUT2D eigenvalue weighted by atomic mass is 35.5. The summed E-state index contributed by atoms with van der Waals surface area (Å²) in [5.41, 5.74) is 0.124. The molecule has 2 atom stereocenters. The van der Waals surface area contributed by atoms with E-state index < -0.39 is 17.8 Å². The van der Waals surface area contributed by atoms with Crippen molar-refractivity contribution < 1.29 is 14.7 Å². The molecule has 2 rings (SSSR count). The van der Waals surface area contributed by atoms with E-state index >= 15 is 0 Å². The van der Waals surface area contributed by atoms with E-state index in [1.165, 1.54) is 6.07 Å². The molecule has 1 aliphatic carbocycles. The van der Waals surface area contributed by atoms with Crippen LogP contribution < -0.4 is 0 Å². The standard InChI is InChI=1S/C13H10Cl4O3/c14-7-4-8(15)10(16)11(17)9(7)12(18)5-1-2-6(3-5)13(19)20/h4-6H,1-3H2,(H,19,20). The first kappa shape index (κ1) is 15.9. The molecule has 1 fully saturated rings. The second-order valence-corrected chi connectivity index (χ2v) is 6.32. The van der Waals surface area contributed by atoms with Crippen LogP contribution in [-0.4, -0.2) is 16.9 Å². The number of carboxylic acids is 1. The van der Waals surface area contributed by atoms with Crippen LogP contribution in [0.2, 0.25) is 20.1 Å². The Hall–Kier alpha value is -0.480. The number of carboxylic acid groups (broad SMARTS) is 1. The molecule has 20 heavy (non-hydrogen) atoms. The summed E-state index contributed by atoms with van der Waals surface area (Å²) >= 11 is 23.8. The van der Waals surface area contributed by atoms with Gasteiger partial charge < -0.3 is 5.11 Å². The number of ketones is 1. The molecule has 1 aromatic rings. The normalized spacial score (nSPS) is 22.0. The number of hydrogen-bond donors (Lipinski definition) is 1. The Balaban J connectivity index is 2.31. The van der Waals surface area contributed by atoms with Gasteiger partial charge in [0, 0.05) is 5.92 Å². The summed E-state index contributed by atoms with van der Waals surface area (Å²) in [7, 11) is 0. The third-order valence-corrected chi connectivity index (χ3v) is 5.07. The Kier molecular flexibility index (Phi) is 4.85. The van der Waals surface area contributed by atoms with Crippen molar-refractivity contribution in [1.29, 1.82) is 0 Å². The van der Waals surface area contributed by atoms with Crippen molar-refractivity contribution in [3.05, 3.63) is 31.7 Å². The summed E-state index contributed by atoms with van der Waals surface area (Å²) in [6.07, 6.45) is 1.27. The zero-order valence-corrected chi connectivity index (χ0v) is 13.2. The largest absolute Gasteiger partial charge is 0.481 e. The Morgan fingerprint density at radius 3 is 2.15 bits per heavy atom. The third-order valence-electron chi connectivity index (χ3n) is 3.51. The number of halogens is 4. The number of benzene rings is 1. The third kappa shape index (κ3) is 2.91. The average molecular weight is 356 g/mol. The number of hydrogen-bond acceptors (Lipinski definition) is 2. The van der Waals surface area contributed by atoms with Gasteiger partial charge in [0.2, 0.25) is 0 Å². The van der Waals surface area contributed by atoms with Crippen molar-refractivity contribution in [2.24, 2.45) is 11.8 Å². The van der Waals surface area contributed by atoms with Gasteiger partial charge in [-0.15, -0.1) is 0 Å².